The number of hydrogen-bond acceptors (Lipinski definition) is 4. The SMILES string of the molecule is Cn1cc(Cn2c(=O)[nH]c3sccc3c2=O)cn1. The monoisotopic (exact) mass is 262 g/mol. The van der Waals surface area contributed by atoms with E-state index in [0.717, 1.165) is 5.56 Å². The Kier molecular flexibility index (Phi) is 2.41. The topological polar surface area (TPSA) is 72.7 Å². The number of aromatic nitrogens is 4. The number of aryl methyl sites for hydroxylation is 1. The molecule has 0 saturated heterocycles. The molecule has 0 bridgehead atoms. The minimum Gasteiger partial charge on any atom is -0.298 e. The quantitative estimate of drug-likeness (QED) is 0.732. The highest BCUT2D eigenvalue weighted by Crippen LogP contribution is 2.12. The minimum absolute atomic E-state index is 0.230. The van der Waals surface area contributed by atoms with Crippen molar-refractivity contribution in [3.8, 4) is 0 Å². The van der Waals surface area contributed by atoms with Crippen molar-refractivity contribution in [3.05, 3.63) is 50.2 Å². The fourth-order valence-corrected chi connectivity index (χ4v) is 2.63. The third kappa shape index (κ3) is 1.68. The van der Waals surface area contributed by atoms with Gasteiger partial charge >= 0.3 is 5.69 Å². The first kappa shape index (κ1) is 11.0. The van der Waals surface area contributed by atoms with Crippen molar-refractivity contribution in [2.45, 2.75) is 6.54 Å². The molecule has 0 spiro atoms. The second-order valence-corrected chi connectivity index (χ2v) is 4.92. The van der Waals surface area contributed by atoms with Crippen molar-refractivity contribution in [1.29, 1.82) is 0 Å². The van der Waals surface area contributed by atoms with E-state index in [1.54, 1.807) is 35.6 Å². The van der Waals surface area contributed by atoms with E-state index in [1.165, 1.54) is 15.9 Å². The number of H-pyrrole nitrogens is 1. The van der Waals surface area contributed by atoms with Crippen LogP contribution >= 0.6 is 11.3 Å². The Bertz CT molecular complexity index is 823. The highest BCUT2D eigenvalue weighted by atomic mass is 32.1. The van der Waals surface area contributed by atoms with Gasteiger partial charge in [-0.15, -0.1) is 11.3 Å². The maximum absolute atomic E-state index is 12.1. The molecule has 6 nitrogen and oxygen atoms in total. The first-order chi connectivity index (χ1) is 8.65. The molecule has 0 saturated carbocycles. The largest absolute Gasteiger partial charge is 0.329 e. The normalized spacial score (nSPS) is 11.2. The van der Waals surface area contributed by atoms with Crippen molar-refractivity contribution in [1.82, 2.24) is 19.3 Å². The van der Waals surface area contributed by atoms with Crippen molar-refractivity contribution in [2.75, 3.05) is 0 Å². The highest BCUT2D eigenvalue weighted by molar-refractivity contribution is 7.16. The minimum atomic E-state index is -0.390. The summed E-state index contributed by atoms with van der Waals surface area (Å²) in [7, 11) is 1.79. The maximum Gasteiger partial charge on any atom is 0.329 e. The zero-order chi connectivity index (χ0) is 12.7. The van der Waals surface area contributed by atoms with E-state index >= 15 is 0 Å². The summed E-state index contributed by atoms with van der Waals surface area (Å²) in [6, 6.07) is 1.72. The second kappa shape index (κ2) is 3.95. The van der Waals surface area contributed by atoms with Crippen LogP contribution in [0.2, 0.25) is 0 Å². The lowest BCUT2D eigenvalue weighted by Crippen LogP contribution is -2.34. The van der Waals surface area contributed by atoms with Crippen LogP contribution in [0, 0.1) is 0 Å². The Morgan fingerprint density at radius 1 is 1.44 bits per heavy atom. The zero-order valence-electron chi connectivity index (χ0n) is 9.58. The summed E-state index contributed by atoms with van der Waals surface area (Å²) in [6.45, 7) is 0.230. The molecule has 1 N–H and O–H groups in total. The van der Waals surface area contributed by atoms with E-state index in [0.29, 0.717) is 10.2 Å². The van der Waals surface area contributed by atoms with Gasteiger partial charge in [-0.1, -0.05) is 0 Å². The number of aromatic amines is 1. The fraction of sp³-hybridized carbons (Fsp3) is 0.182. The summed E-state index contributed by atoms with van der Waals surface area (Å²) in [5.41, 5.74) is 0.164. The molecule has 0 fully saturated rings. The van der Waals surface area contributed by atoms with Crippen LogP contribution in [0.1, 0.15) is 5.56 Å². The molecule has 0 atom stereocenters. The molecule has 3 aromatic heterocycles. The van der Waals surface area contributed by atoms with Crippen LogP contribution in [0.3, 0.4) is 0 Å². The van der Waals surface area contributed by atoms with Gasteiger partial charge in [-0.2, -0.15) is 5.10 Å². The molecule has 3 rings (SSSR count). The van der Waals surface area contributed by atoms with E-state index in [-0.39, 0.29) is 17.8 Å². The van der Waals surface area contributed by atoms with Gasteiger partial charge in [-0.3, -0.25) is 19.0 Å². The summed E-state index contributed by atoms with van der Waals surface area (Å²) in [5.74, 6) is 0. The second-order valence-electron chi connectivity index (χ2n) is 4.01. The lowest BCUT2D eigenvalue weighted by Gasteiger charge is -2.02. The molecule has 3 aromatic rings. The van der Waals surface area contributed by atoms with Crippen LogP contribution in [0.25, 0.3) is 10.2 Å². The van der Waals surface area contributed by atoms with Crippen molar-refractivity contribution in [2.24, 2.45) is 7.05 Å². The molecule has 7 heteroatoms. The van der Waals surface area contributed by atoms with Gasteiger partial charge in [0, 0.05) is 18.8 Å². The summed E-state index contributed by atoms with van der Waals surface area (Å²) in [6.07, 6.45) is 3.42. The van der Waals surface area contributed by atoms with E-state index in [1.807, 2.05) is 0 Å². The Balaban J connectivity index is 2.17. The Hall–Kier alpha value is -2.15. The van der Waals surface area contributed by atoms with Crippen molar-refractivity contribution < 1.29 is 0 Å². The Labute approximate surface area is 105 Å². The molecular formula is C11H10N4O2S. The predicted molar refractivity (Wildman–Crippen MR) is 69.0 cm³/mol. The zero-order valence-corrected chi connectivity index (χ0v) is 10.4. The van der Waals surface area contributed by atoms with Crippen LogP contribution in [0.4, 0.5) is 0 Å². The van der Waals surface area contributed by atoms with Gasteiger partial charge in [0.15, 0.2) is 0 Å². The van der Waals surface area contributed by atoms with Crippen LogP contribution in [0.15, 0.2) is 33.4 Å². The molecule has 18 heavy (non-hydrogen) atoms. The van der Waals surface area contributed by atoms with Gasteiger partial charge in [0.1, 0.15) is 4.83 Å². The highest BCUT2D eigenvalue weighted by Gasteiger charge is 2.09. The Morgan fingerprint density at radius 2 is 2.28 bits per heavy atom. The smallest absolute Gasteiger partial charge is 0.298 e. The lowest BCUT2D eigenvalue weighted by molar-refractivity contribution is 0.710. The average molecular weight is 262 g/mol. The molecule has 0 aliphatic carbocycles. The molecule has 0 aromatic carbocycles. The molecule has 92 valence electrons. The van der Waals surface area contributed by atoms with Gasteiger partial charge in [-0.25, -0.2) is 4.79 Å². The molecule has 0 aliphatic heterocycles. The number of thiophene rings is 1. The molecule has 0 radical (unpaired) electrons. The van der Waals surface area contributed by atoms with Gasteiger partial charge in [0.2, 0.25) is 0 Å². The van der Waals surface area contributed by atoms with E-state index in [4.69, 9.17) is 0 Å². The number of fused-ring (bicyclic) bond motifs is 1. The number of rotatable bonds is 2. The van der Waals surface area contributed by atoms with Crippen molar-refractivity contribution >= 4 is 21.6 Å². The van der Waals surface area contributed by atoms with Gasteiger partial charge in [0.05, 0.1) is 18.1 Å². The molecule has 0 unspecified atom stereocenters. The van der Waals surface area contributed by atoms with E-state index in [9.17, 15) is 9.59 Å². The molecule has 3 heterocycles. The van der Waals surface area contributed by atoms with Gasteiger partial charge < -0.3 is 0 Å². The molecule has 0 aliphatic rings. The molecular weight excluding hydrogens is 252 g/mol. The summed E-state index contributed by atoms with van der Waals surface area (Å²) >= 11 is 1.35. The maximum atomic E-state index is 12.1. The number of nitrogens with zero attached hydrogens (tertiary/aromatic N) is 3. The molecule has 0 amide bonds. The fourth-order valence-electron chi connectivity index (χ4n) is 1.86. The number of hydrogen-bond donors (Lipinski definition) is 1. The van der Waals surface area contributed by atoms with Gasteiger partial charge in [-0.05, 0) is 11.4 Å². The number of nitrogens with one attached hydrogen (secondary N) is 1. The van der Waals surface area contributed by atoms with E-state index in [2.05, 4.69) is 10.1 Å². The summed E-state index contributed by atoms with van der Waals surface area (Å²) < 4.78 is 2.82. The van der Waals surface area contributed by atoms with Crippen molar-refractivity contribution in [3.63, 3.8) is 0 Å². The lowest BCUT2D eigenvalue weighted by atomic mass is 10.3. The average Bonchev–Trinajstić information content (AvgIpc) is 2.93. The van der Waals surface area contributed by atoms with Crippen LogP contribution in [0.5, 0.6) is 0 Å². The summed E-state index contributed by atoms with van der Waals surface area (Å²) in [4.78, 5) is 27.3. The Morgan fingerprint density at radius 3 is 3.00 bits per heavy atom. The third-order valence-electron chi connectivity index (χ3n) is 2.71. The van der Waals surface area contributed by atoms with E-state index < -0.39 is 0 Å². The third-order valence-corrected chi connectivity index (χ3v) is 3.54. The predicted octanol–water partition coefficient (Wildman–Crippen LogP) is 0.533. The standard InChI is InChI=1S/C11H10N4O2S/c1-14-5-7(4-12-14)6-15-10(16)8-2-3-18-9(8)13-11(15)17/h2-5H,6H2,1H3,(H,13,17). The first-order valence-electron chi connectivity index (χ1n) is 5.33. The van der Waals surface area contributed by atoms with Gasteiger partial charge in [0.25, 0.3) is 5.56 Å². The first-order valence-corrected chi connectivity index (χ1v) is 6.21. The van der Waals surface area contributed by atoms with Crippen LogP contribution in [-0.2, 0) is 13.6 Å². The van der Waals surface area contributed by atoms with Crippen LogP contribution in [-0.4, -0.2) is 19.3 Å². The summed E-state index contributed by atoms with van der Waals surface area (Å²) in [5, 5.41) is 6.35. The van der Waals surface area contributed by atoms with Crippen LogP contribution < -0.4 is 11.2 Å².